The minimum atomic E-state index is -3.59. The van der Waals surface area contributed by atoms with Crippen LogP contribution in [0.5, 0.6) is 0 Å². The molecule has 0 spiro atoms. The monoisotopic (exact) mass is 480 g/mol. The van der Waals surface area contributed by atoms with E-state index in [0.29, 0.717) is 11.9 Å². The fourth-order valence-corrected chi connectivity index (χ4v) is 5.14. The average molecular weight is 481 g/mol. The van der Waals surface area contributed by atoms with Crippen LogP contribution < -0.4 is 9.62 Å². The van der Waals surface area contributed by atoms with Crippen LogP contribution in [0.4, 0.5) is 5.69 Å². The minimum Gasteiger partial charge on any atom is -0.369 e. The third kappa shape index (κ3) is 5.87. The molecule has 9 heteroatoms. The van der Waals surface area contributed by atoms with Gasteiger partial charge in [0.15, 0.2) is 0 Å². The molecule has 4 rings (SSSR count). The number of anilines is 1. The number of fused-ring (bicyclic) bond motifs is 1. The largest absolute Gasteiger partial charge is 0.369 e. The molecule has 0 unspecified atom stereocenters. The number of aromatic nitrogens is 1. The second-order valence-corrected chi connectivity index (χ2v) is 9.59. The van der Waals surface area contributed by atoms with Crippen LogP contribution in [0, 0.1) is 0 Å². The van der Waals surface area contributed by atoms with Crippen LogP contribution in [0.15, 0.2) is 65.8 Å². The number of nitrogens with one attached hydrogen (secondary N) is 1. The van der Waals surface area contributed by atoms with Crippen molar-refractivity contribution in [1.82, 2.24) is 14.6 Å². The van der Waals surface area contributed by atoms with E-state index in [0.717, 1.165) is 49.6 Å². The summed E-state index contributed by atoms with van der Waals surface area (Å²) < 4.78 is 28.2. The van der Waals surface area contributed by atoms with E-state index in [2.05, 4.69) is 31.6 Å². The maximum Gasteiger partial charge on any atom is 0.242 e. The second kappa shape index (κ2) is 10.6. The first-order valence-electron chi connectivity index (χ1n) is 10.1. The van der Waals surface area contributed by atoms with Gasteiger partial charge >= 0.3 is 0 Å². The van der Waals surface area contributed by atoms with Gasteiger partial charge in [-0.2, -0.15) is 0 Å². The number of halogens is 2. The average Bonchev–Trinajstić information content (AvgIpc) is 2.77. The Hall–Kier alpha value is -1.90. The van der Waals surface area contributed by atoms with Crippen molar-refractivity contribution in [1.29, 1.82) is 0 Å². The first-order chi connectivity index (χ1) is 14.5. The molecule has 0 amide bonds. The number of hydrogen-bond donors (Lipinski definition) is 1. The highest BCUT2D eigenvalue weighted by Crippen LogP contribution is 2.21. The zero-order chi connectivity index (χ0) is 21.0. The van der Waals surface area contributed by atoms with Gasteiger partial charge in [-0.1, -0.05) is 35.9 Å². The maximum atomic E-state index is 12.7. The zero-order valence-corrected chi connectivity index (χ0v) is 19.5. The van der Waals surface area contributed by atoms with Gasteiger partial charge in [0.2, 0.25) is 10.0 Å². The molecule has 0 saturated carbocycles. The smallest absolute Gasteiger partial charge is 0.242 e. The molecule has 1 aliphatic rings. The van der Waals surface area contributed by atoms with Crippen molar-refractivity contribution in [3.05, 3.63) is 65.9 Å². The molecule has 0 aliphatic carbocycles. The Kier molecular flexibility index (Phi) is 8.13. The van der Waals surface area contributed by atoms with E-state index < -0.39 is 10.0 Å². The highest BCUT2D eigenvalue weighted by atomic mass is 35.5. The number of hydrogen-bond acceptors (Lipinski definition) is 5. The van der Waals surface area contributed by atoms with Crippen LogP contribution in [0.3, 0.4) is 0 Å². The molecule has 6 nitrogen and oxygen atoms in total. The van der Waals surface area contributed by atoms with Crippen LogP contribution in [0.2, 0.25) is 5.02 Å². The summed E-state index contributed by atoms with van der Waals surface area (Å²) in [5, 5.41) is 2.26. The molecule has 2 heterocycles. The minimum absolute atomic E-state index is 0. The lowest BCUT2D eigenvalue weighted by atomic mass is 10.2. The highest BCUT2D eigenvalue weighted by molar-refractivity contribution is 7.89. The number of pyridine rings is 1. The van der Waals surface area contributed by atoms with Gasteiger partial charge in [-0.25, -0.2) is 13.1 Å². The first-order valence-corrected chi connectivity index (χ1v) is 11.9. The van der Waals surface area contributed by atoms with Crippen LogP contribution in [-0.4, -0.2) is 57.6 Å². The molecule has 0 bridgehead atoms. The topological polar surface area (TPSA) is 65.5 Å². The third-order valence-corrected chi connectivity index (χ3v) is 7.17. The quantitative estimate of drug-likeness (QED) is 0.520. The Morgan fingerprint density at radius 2 is 1.68 bits per heavy atom. The lowest BCUT2D eigenvalue weighted by molar-refractivity contribution is 0.255. The van der Waals surface area contributed by atoms with E-state index in [1.54, 1.807) is 6.20 Å². The van der Waals surface area contributed by atoms with E-state index in [9.17, 15) is 8.42 Å². The predicted octanol–water partition coefficient (Wildman–Crippen LogP) is 3.80. The summed E-state index contributed by atoms with van der Waals surface area (Å²) in [5.41, 5.74) is 1.19. The number of sulfonamides is 1. The Bertz CT molecular complexity index is 1100. The standard InChI is InChI=1S/C22H25ClN4O2S.ClH/c23-19-6-8-20(9-7-19)27-14-12-26(13-15-27)11-3-10-25-30(28,29)22-17-24-16-18-4-1-2-5-21(18)22;/h1-2,4-9,16-17,25H,3,10-15H2;1H. The van der Waals surface area contributed by atoms with Gasteiger partial charge in [0, 0.05) is 66.6 Å². The Labute approximate surface area is 194 Å². The van der Waals surface area contributed by atoms with Crippen LogP contribution in [0.1, 0.15) is 6.42 Å². The van der Waals surface area contributed by atoms with Crippen molar-refractivity contribution < 1.29 is 8.42 Å². The van der Waals surface area contributed by atoms with Gasteiger partial charge in [0.25, 0.3) is 0 Å². The van der Waals surface area contributed by atoms with E-state index in [1.165, 1.54) is 11.9 Å². The van der Waals surface area contributed by atoms with Gasteiger partial charge in [-0.15, -0.1) is 12.4 Å². The van der Waals surface area contributed by atoms with E-state index in [-0.39, 0.29) is 17.3 Å². The molecule has 3 aromatic rings. The summed E-state index contributed by atoms with van der Waals surface area (Å²) in [6, 6.07) is 15.3. The zero-order valence-electron chi connectivity index (χ0n) is 17.1. The molecule has 1 saturated heterocycles. The second-order valence-electron chi connectivity index (χ2n) is 7.42. The Morgan fingerprint density at radius 3 is 2.42 bits per heavy atom. The fourth-order valence-electron chi connectivity index (χ4n) is 3.77. The number of rotatable bonds is 7. The summed E-state index contributed by atoms with van der Waals surface area (Å²) in [6.07, 6.45) is 3.86. The molecule has 0 atom stereocenters. The molecule has 0 radical (unpaired) electrons. The van der Waals surface area contributed by atoms with Crippen LogP contribution in [0.25, 0.3) is 10.8 Å². The highest BCUT2D eigenvalue weighted by Gasteiger charge is 2.19. The van der Waals surface area contributed by atoms with E-state index in [1.807, 2.05) is 36.4 Å². The van der Waals surface area contributed by atoms with Gasteiger partial charge in [0.05, 0.1) is 0 Å². The molecule has 2 aromatic carbocycles. The van der Waals surface area contributed by atoms with Gasteiger partial charge in [-0.3, -0.25) is 9.88 Å². The first kappa shape index (κ1) is 23.8. The van der Waals surface area contributed by atoms with E-state index in [4.69, 9.17) is 11.6 Å². The Balaban J connectivity index is 0.00000272. The maximum absolute atomic E-state index is 12.7. The Morgan fingerprint density at radius 1 is 0.968 bits per heavy atom. The van der Waals surface area contributed by atoms with Crippen molar-refractivity contribution in [2.45, 2.75) is 11.3 Å². The van der Waals surface area contributed by atoms with Crippen molar-refractivity contribution in [2.75, 3.05) is 44.2 Å². The summed E-state index contributed by atoms with van der Waals surface area (Å²) in [4.78, 5) is 9.04. The SMILES string of the molecule is Cl.O=S(=O)(NCCCN1CCN(c2ccc(Cl)cc2)CC1)c1cncc2ccccc12. The van der Waals surface area contributed by atoms with Crippen LogP contribution >= 0.6 is 24.0 Å². The van der Waals surface area contributed by atoms with Gasteiger partial charge < -0.3 is 4.90 Å². The van der Waals surface area contributed by atoms with Crippen LogP contribution in [-0.2, 0) is 10.0 Å². The molecule has 1 aliphatic heterocycles. The summed E-state index contributed by atoms with van der Waals surface area (Å²) in [6.45, 7) is 5.10. The molecule has 31 heavy (non-hydrogen) atoms. The molecule has 1 N–H and O–H groups in total. The van der Waals surface area contributed by atoms with Crippen molar-refractivity contribution >= 4 is 50.5 Å². The molecule has 166 valence electrons. The van der Waals surface area contributed by atoms with Gasteiger partial charge in [-0.05, 0) is 37.2 Å². The summed E-state index contributed by atoms with van der Waals surface area (Å²) in [7, 11) is -3.59. The number of piperazine rings is 1. The predicted molar refractivity (Wildman–Crippen MR) is 129 cm³/mol. The van der Waals surface area contributed by atoms with Gasteiger partial charge in [0.1, 0.15) is 4.90 Å². The molecule has 1 aromatic heterocycles. The number of benzene rings is 2. The lowest BCUT2D eigenvalue weighted by Gasteiger charge is -2.36. The lowest BCUT2D eigenvalue weighted by Crippen LogP contribution is -2.47. The summed E-state index contributed by atoms with van der Waals surface area (Å²) in [5.74, 6) is 0. The molecular weight excluding hydrogens is 455 g/mol. The number of nitrogens with zero attached hydrogens (tertiary/aromatic N) is 3. The summed E-state index contributed by atoms with van der Waals surface area (Å²) >= 11 is 5.97. The fraction of sp³-hybridized carbons (Fsp3) is 0.318. The third-order valence-electron chi connectivity index (χ3n) is 5.43. The van der Waals surface area contributed by atoms with Crippen molar-refractivity contribution in [3.63, 3.8) is 0 Å². The van der Waals surface area contributed by atoms with Crippen molar-refractivity contribution in [3.8, 4) is 0 Å². The normalized spacial score (nSPS) is 15.1. The van der Waals surface area contributed by atoms with Crippen molar-refractivity contribution in [2.24, 2.45) is 0 Å². The van der Waals surface area contributed by atoms with E-state index >= 15 is 0 Å². The molecular formula is C22H26Cl2N4O2S. The molecule has 1 fully saturated rings.